The molecule has 0 fully saturated rings. The molecule has 0 bridgehead atoms. The van der Waals surface area contributed by atoms with E-state index < -0.39 is 9.84 Å². The van der Waals surface area contributed by atoms with Crippen molar-refractivity contribution in [3.63, 3.8) is 0 Å². The van der Waals surface area contributed by atoms with E-state index in [4.69, 9.17) is 0 Å². The van der Waals surface area contributed by atoms with Crippen LogP contribution in [0, 0.1) is 0 Å². The van der Waals surface area contributed by atoms with Gasteiger partial charge in [0.25, 0.3) is 5.91 Å². The molecular formula is C22H21N3O4S2. The summed E-state index contributed by atoms with van der Waals surface area (Å²) in [5.41, 5.74) is 2.23. The number of rotatable bonds is 6. The fourth-order valence-electron chi connectivity index (χ4n) is 3.37. The lowest BCUT2D eigenvalue weighted by atomic mass is 10.1. The fourth-order valence-corrected chi connectivity index (χ4v) is 5.23. The standard InChI is InChI=1S/C22H21N3O4S2/c1-2-31(28,29)17-10-8-15(9-11-17)14-19(26)24-22-23-18-12-13-25(21(27)20(18)30-22)16-6-4-3-5-7-16/h3-11H,2,12-14H2,1H3,(H,23,24,26). The van der Waals surface area contributed by atoms with Crippen molar-refractivity contribution in [1.82, 2.24) is 4.98 Å². The van der Waals surface area contributed by atoms with Crippen LogP contribution in [0.25, 0.3) is 0 Å². The Balaban J connectivity index is 1.43. The number of sulfone groups is 1. The Morgan fingerprint density at radius 1 is 1.13 bits per heavy atom. The second kappa shape index (κ2) is 8.60. The topological polar surface area (TPSA) is 96.4 Å². The van der Waals surface area contributed by atoms with Crippen molar-refractivity contribution < 1.29 is 18.0 Å². The van der Waals surface area contributed by atoms with Crippen molar-refractivity contribution in [3.05, 3.63) is 70.7 Å². The van der Waals surface area contributed by atoms with Crippen LogP contribution in [0.15, 0.2) is 59.5 Å². The Morgan fingerprint density at radius 3 is 2.52 bits per heavy atom. The zero-order valence-corrected chi connectivity index (χ0v) is 18.5. The van der Waals surface area contributed by atoms with Crippen LogP contribution in [-0.4, -0.2) is 37.5 Å². The van der Waals surface area contributed by atoms with Gasteiger partial charge in [0, 0.05) is 18.7 Å². The number of thiazole rings is 1. The first-order valence-electron chi connectivity index (χ1n) is 9.85. The summed E-state index contributed by atoms with van der Waals surface area (Å²) in [7, 11) is -3.27. The maximum atomic E-state index is 12.9. The predicted octanol–water partition coefficient (Wildman–Crippen LogP) is 3.32. The number of hydrogen-bond acceptors (Lipinski definition) is 6. The Hall–Kier alpha value is -3.04. The molecule has 0 aliphatic carbocycles. The third-order valence-electron chi connectivity index (χ3n) is 5.05. The molecule has 0 unspecified atom stereocenters. The van der Waals surface area contributed by atoms with Gasteiger partial charge >= 0.3 is 0 Å². The van der Waals surface area contributed by atoms with E-state index in [-0.39, 0.29) is 28.9 Å². The molecule has 0 radical (unpaired) electrons. The number of hydrogen-bond donors (Lipinski definition) is 1. The molecule has 0 saturated carbocycles. The Morgan fingerprint density at radius 2 is 1.84 bits per heavy atom. The molecule has 2 aromatic carbocycles. The van der Waals surface area contributed by atoms with Crippen LogP contribution >= 0.6 is 11.3 Å². The minimum atomic E-state index is -3.27. The number of nitrogens with one attached hydrogen (secondary N) is 1. The summed E-state index contributed by atoms with van der Waals surface area (Å²) >= 11 is 1.18. The van der Waals surface area contributed by atoms with E-state index in [0.717, 1.165) is 5.69 Å². The summed E-state index contributed by atoms with van der Waals surface area (Å²) in [5.74, 6) is -0.357. The number of aromatic nitrogens is 1. The first-order valence-corrected chi connectivity index (χ1v) is 12.3. The first kappa shape index (κ1) is 21.2. The average Bonchev–Trinajstić information content (AvgIpc) is 3.18. The van der Waals surface area contributed by atoms with Crippen LogP contribution in [0.5, 0.6) is 0 Å². The first-order chi connectivity index (χ1) is 14.9. The summed E-state index contributed by atoms with van der Waals surface area (Å²) < 4.78 is 23.8. The molecule has 2 heterocycles. The Labute approximate surface area is 184 Å². The lowest BCUT2D eigenvalue weighted by molar-refractivity contribution is -0.115. The lowest BCUT2D eigenvalue weighted by Gasteiger charge is -2.25. The van der Waals surface area contributed by atoms with E-state index in [1.165, 1.54) is 23.5 Å². The van der Waals surface area contributed by atoms with Crippen LogP contribution in [0.4, 0.5) is 10.8 Å². The maximum Gasteiger partial charge on any atom is 0.270 e. The number of carbonyl (C=O) groups is 2. The molecule has 1 aliphatic heterocycles. The molecule has 0 spiro atoms. The second-order valence-electron chi connectivity index (χ2n) is 7.11. The van der Waals surface area contributed by atoms with E-state index in [9.17, 15) is 18.0 Å². The molecule has 2 amide bonds. The molecule has 31 heavy (non-hydrogen) atoms. The monoisotopic (exact) mass is 455 g/mol. The van der Waals surface area contributed by atoms with Gasteiger partial charge in [-0.15, -0.1) is 0 Å². The van der Waals surface area contributed by atoms with Crippen LogP contribution in [-0.2, 0) is 27.5 Å². The number of amides is 2. The SMILES string of the molecule is CCS(=O)(=O)c1ccc(CC(=O)Nc2nc3c(s2)C(=O)N(c2ccccc2)CC3)cc1. The molecule has 1 N–H and O–H groups in total. The fraction of sp³-hybridized carbons (Fsp3) is 0.227. The van der Waals surface area contributed by atoms with Gasteiger partial charge in [-0.05, 0) is 29.8 Å². The maximum absolute atomic E-state index is 12.9. The van der Waals surface area contributed by atoms with Crippen molar-refractivity contribution in [2.45, 2.75) is 24.7 Å². The summed E-state index contributed by atoms with van der Waals surface area (Å²) in [5, 5.41) is 3.15. The largest absolute Gasteiger partial charge is 0.307 e. The highest BCUT2D eigenvalue weighted by Crippen LogP contribution is 2.30. The van der Waals surface area contributed by atoms with E-state index >= 15 is 0 Å². The number of anilines is 2. The number of benzene rings is 2. The molecule has 3 aromatic rings. The zero-order valence-electron chi connectivity index (χ0n) is 16.9. The zero-order chi connectivity index (χ0) is 22.0. The third kappa shape index (κ3) is 4.52. The number of fused-ring (bicyclic) bond motifs is 1. The van der Waals surface area contributed by atoms with Gasteiger partial charge in [-0.1, -0.05) is 48.6 Å². The molecule has 9 heteroatoms. The van der Waals surface area contributed by atoms with Crippen LogP contribution in [0.3, 0.4) is 0 Å². The normalized spacial score (nSPS) is 13.7. The van der Waals surface area contributed by atoms with Crippen molar-refractivity contribution in [3.8, 4) is 0 Å². The van der Waals surface area contributed by atoms with Gasteiger partial charge in [0.05, 0.1) is 22.8 Å². The Kier molecular flexibility index (Phi) is 5.88. The van der Waals surface area contributed by atoms with Gasteiger partial charge in [-0.25, -0.2) is 13.4 Å². The minimum Gasteiger partial charge on any atom is -0.307 e. The van der Waals surface area contributed by atoms with Gasteiger partial charge in [-0.2, -0.15) is 0 Å². The number of carbonyl (C=O) groups excluding carboxylic acids is 2. The van der Waals surface area contributed by atoms with Gasteiger partial charge in [0.15, 0.2) is 15.0 Å². The van der Waals surface area contributed by atoms with Gasteiger partial charge in [0.1, 0.15) is 4.88 Å². The van der Waals surface area contributed by atoms with Crippen molar-refractivity contribution >= 4 is 43.8 Å². The minimum absolute atomic E-state index is 0.0297. The quantitative estimate of drug-likeness (QED) is 0.615. The van der Waals surface area contributed by atoms with E-state index in [0.29, 0.717) is 34.2 Å². The number of para-hydroxylation sites is 1. The smallest absolute Gasteiger partial charge is 0.270 e. The molecule has 160 valence electrons. The predicted molar refractivity (Wildman–Crippen MR) is 120 cm³/mol. The van der Waals surface area contributed by atoms with E-state index in [2.05, 4.69) is 10.3 Å². The molecule has 0 saturated heterocycles. The highest BCUT2D eigenvalue weighted by Gasteiger charge is 2.29. The van der Waals surface area contributed by atoms with E-state index in [1.807, 2.05) is 30.3 Å². The summed E-state index contributed by atoms with van der Waals surface area (Å²) in [4.78, 5) is 32.3. The average molecular weight is 456 g/mol. The van der Waals surface area contributed by atoms with E-state index in [1.54, 1.807) is 24.0 Å². The number of nitrogens with zero attached hydrogens (tertiary/aromatic N) is 2. The molecular weight excluding hydrogens is 434 g/mol. The summed E-state index contributed by atoms with van der Waals surface area (Å²) in [6.07, 6.45) is 0.705. The summed E-state index contributed by atoms with van der Waals surface area (Å²) in [6, 6.07) is 15.8. The molecule has 0 atom stereocenters. The van der Waals surface area contributed by atoms with Crippen molar-refractivity contribution in [1.29, 1.82) is 0 Å². The Bertz CT molecular complexity index is 1220. The lowest BCUT2D eigenvalue weighted by Crippen LogP contribution is -2.36. The third-order valence-corrected chi connectivity index (χ3v) is 7.80. The van der Waals surface area contributed by atoms with Crippen LogP contribution < -0.4 is 10.2 Å². The van der Waals surface area contributed by atoms with Gasteiger partial charge in [0.2, 0.25) is 5.91 Å². The van der Waals surface area contributed by atoms with Crippen LogP contribution in [0.1, 0.15) is 27.9 Å². The van der Waals surface area contributed by atoms with Crippen LogP contribution in [0.2, 0.25) is 0 Å². The molecule has 1 aromatic heterocycles. The van der Waals surface area contributed by atoms with Crippen molar-refractivity contribution in [2.24, 2.45) is 0 Å². The second-order valence-corrected chi connectivity index (χ2v) is 10.4. The molecule has 4 rings (SSSR count). The highest BCUT2D eigenvalue weighted by molar-refractivity contribution is 7.91. The van der Waals surface area contributed by atoms with Gasteiger partial charge < -0.3 is 10.2 Å². The highest BCUT2D eigenvalue weighted by atomic mass is 32.2. The van der Waals surface area contributed by atoms with Crippen molar-refractivity contribution in [2.75, 3.05) is 22.5 Å². The molecule has 1 aliphatic rings. The summed E-state index contributed by atoms with van der Waals surface area (Å²) in [6.45, 7) is 2.13. The van der Waals surface area contributed by atoms with Gasteiger partial charge in [-0.3, -0.25) is 9.59 Å². The molecule has 7 nitrogen and oxygen atoms in total.